The molecule has 4 heteroatoms. The molecule has 0 amide bonds. The van der Waals surface area contributed by atoms with Crippen LogP contribution in [0.5, 0.6) is 0 Å². The number of carboxylic acids is 1. The van der Waals surface area contributed by atoms with E-state index in [0.717, 1.165) is 24.2 Å². The minimum Gasteiger partial charge on any atom is -0.480 e. The normalized spacial score (nSPS) is 12.7. The molecule has 0 bridgehead atoms. The van der Waals surface area contributed by atoms with Gasteiger partial charge in [-0.05, 0) is 49.7 Å². The van der Waals surface area contributed by atoms with E-state index < -0.39 is 12.0 Å². The highest BCUT2D eigenvalue weighted by molar-refractivity contribution is 6.30. The highest BCUT2D eigenvalue weighted by Crippen LogP contribution is 2.18. The lowest BCUT2D eigenvalue weighted by molar-refractivity contribution is -0.143. The number of likely N-dealkylation sites (N-methyl/N-ethyl adjacent to an activating group) is 1. The number of halogens is 1. The molecule has 1 aromatic carbocycles. The summed E-state index contributed by atoms with van der Waals surface area (Å²) in [5.74, 6) is -0.780. The Balaban J connectivity index is 2.96. The van der Waals surface area contributed by atoms with Gasteiger partial charge in [0, 0.05) is 5.02 Å². The molecular formula is C14H20ClNO2. The number of rotatable bonds is 6. The van der Waals surface area contributed by atoms with Crippen molar-refractivity contribution in [2.75, 3.05) is 13.1 Å². The summed E-state index contributed by atoms with van der Waals surface area (Å²) >= 11 is 5.97. The van der Waals surface area contributed by atoms with Gasteiger partial charge in [0.15, 0.2) is 0 Å². The zero-order chi connectivity index (χ0) is 13.7. The quantitative estimate of drug-likeness (QED) is 0.863. The van der Waals surface area contributed by atoms with Gasteiger partial charge >= 0.3 is 5.97 Å². The number of carbonyl (C=O) groups is 1. The molecule has 0 saturated carbocycles. The molecule has 18 heavy (non-hydrogen) atoms. The molecule has 1 N–H and O–H groups in total. The maximum absolute atomic E-state index is 11.4. The second-order valence-corrected chi connectivity index (χ2v) is 4.79. The van der Waals surface area contributed by atoms with E-state index in [4.69, 9.17) is 11.6 Å². The van der Waals surface area contributed by atoms with E-state index in [9.17, 15) is 9.90 Å². The number of nitrogens with zero attached hydrogens (tertiary/aromatic N) is 1. The van der Waals surface area contributed by atoms with Crippen LogP contribution >= 0.6 is 11.6 Å². The molecule has 1 rings (SSSR count). The van der Waals surface area contributed by atoms with Crippen molar-refractivity contribution in [1.82, 2.24) is 4.90 Å². The number of carboxylic acid groups (broad SMARTS) is 1. The molecule has 0 aliphatic rings. The Bertz CT molecular complexity index is 416. The third-order valence-corrected chi connectivity index (χ3v) is 3.50. The molecule has 3 nitrogen and oxygen atoms in total. The largest absolute Gasteiger partial charge is 0.480 e. The lowest BCUT2D eigenvalue weighted by Gasteiger charge is -2.26. The average Bonchev–Trinajstić information content (AvgIpc) is 2.33. The van der Waals surface area contributed by atoms with Gasteiger partial charge in [-0.1, -0.05) is 31.5 Å². The van der Waals surface area contributed by atoms with E-state index >= 15 is 0 Å². The number of aliphatic carboxylic acids is 1. The van der Waals surface area contributed by atoms with E-state index in [1.54, 1.807) is 0 Å². The summed E-state index contributed by atoms with van der Waals surface area (Å²) in [7, 11) is 0. The van der Waals surface area contributed by atoms with Crippen molar-refractivity contribution in [1.29, 1.82) is 0 Å². The second kappa shape index (κ2) is 6.76. The van der Waals surface area contributed by atoms with Crippen molar-refractivity contribution in [2.45, 2.75) is 33.2 Å². The number of benzene rings is 1. The van der Waals surface area contributed by atoms with Crippen LogP contribution in [-0.2, 0) is 11.2 Å². The molecule has 0 radical (unpaired) electrons. The Morgan fingerprint density at radius 3 is 2.50 bits per heavy atom. The van der Waals surface area contributed by atoms with Gasteiger partial charge in [-0.3, -0.25) is 9.69 Å². The molecule has 0 heterocycles. The van der Waals surface area contributed by atoms with Crippen LogP contribution < -0.4 is 0 Å². The SMILES string of the molecule is CCN(CC)C(Cc1cc(Cl)ccc1C)C(=O)O. The average molecular weight is 270 g/mol. The van der Waals surface area contributed by atoms with E-state index in [1.165, 1.54) is 0 Å². The van der Waals surface area contributed by atoms with Crippen LogP contribution in [0.2, 0.25) is 5.02 Å². The Morgan fingerprint density at radius 1 is 1.39 bits per heavy atom. The summed E-state index contributed by atoms with van der Waals surface area (Å²) in [6, 6.07) is 5.13. The van der Waals surface area contributed by atoms with Crippen LogP contribution in [0.15, 0.2) is 18.2 Å². The summed E-state index contributed by atoms with van der Waals surface area (Å²) in [6.07, 6.45) is 0.489. The van der Waals surface area contributed by atoms with Gasteiger partial charge in [0.1, 0.15) is 6.04 Å². The van der Waals surface area contributed by atoms with Gasteiger partial charge in [-0.15, -0.1) is 0 Å². The Kier molecular flexibility index (Phi) is 5.63. The van der Waals surface area contributed by atoms with E-state index in [0.29, 0.717) is 11.4 Å². The zero-order valence-corrected chi connectivity index (χ0v) is 11.9. The zero-order valence-electron chi connectivity index (χ0n) is 11.1. The first-order valence-electron chi connectivity index (χ1n) is 6.21. The van der Waals surface area contributed by atoms with Crippen LogP contribution in [-0.4, -0.2) is 35.1 Å². The summed E-state index contributed by atoms with van der Waals surface area (Å²) in [5, 5.41) is 10.0. The topological polar surface area (TPSA) is 40.5 Å². The summed E-state index contributed by atoms with van der Waals surface area (Å²) in [6.45, 7) is 7.39. The van der Waals surface area contributed by atoms with Crippen LogP contribution in [0.3, 0.4) is 0 Å². The van der Waals surface area contributed by atoms with Crippen LogP contribution in [0.1, 0.15) is 25.0 Å². The molecule has 0 aromatic heterocycles. The fourth-order valence-electron chi connectivity index (χ4n) is 2.11. The number of hydrogen-bond donors (Lipinski definition) is 1. The summed E-state index contributed by atoms with van der Waals surface area (Å²) < 4.78 is 0. The van der Waals surface area contributed by atoms with Crippen LogP contribution in [0.25, 0.3) is 0 Å². The van der Waals surface area contributed by atoms with Crippen molar-refractivity contribution in [3.8, 4) is 0 Å². The molecule has 0 spiro atoms. The minimum atomic E-state index is -0.780. The second-order valence-electron chi connectivity index (χ2n) is 4.35. The first kappa shape index (κ1) is 15.0. The van der Waals surface area contributed by atoms with Crippen molar-refractivity contribution >= 4 is 17.6 Å². The minimum absolute atomic E-state index is 0.489. The Labute approximate surface area is 113 Å². The molecule has 100 valence electrons. The van der Waals surface area contributed by atoms with Gasteiger partial charge in [0.05, 0.1) is 0 Å². The highest BCUT2D eigenvalue weighted by Gasteiger charge is 2.24. The van der Waals surface area contributed by atoms with Gasteiger partial charge in [0.2, 0.25) is 0 Å². The molecule has 1 atom stereocenters. The number of hydrogen-bond acceptors (Lipinski definition) is 2. The van der Waals surface area contributed by atoms with Crippen molar-refractivity contribution in [2.24, 2.45) is 0 Å². The molecule has 1 aromatic rings. The lowest BCUT2D eigenvalue weighted by Crippen LogP contribution is -2.42. The van der Waals surface area contributed by atoms with Crippen molar-refractivity contribution < 1.29 is 9.90 Å². The van der Waals surface area contributed by atoms with Gasteiger partial charge in [-0.2, -0.15) is 0 Å². The summed E-state index contributed by atoms with van der Waals surface area (Å²) in [5.41, 5.74) is 2.08. The molecule has 0 saturated heterocycles. The van der Waals surface area contributed by atoms with Crippen LogP contribution in [0, 0.1) is 6.92 Å². The van der Waals surface area contributed by atoms with Crippen molar-refractivity contribution in [3.63, 3.8) is 0 Å². The standard InChI is InChI=1S/C14H20ClNO2/c1-4-16(5-2)13(14(17)18)9-11-8-12(15)7-6-10(11)3/h6-8,13H,4-5,9H2,1-3H3,(H,17,18). The van der Waals surface area contributed by atoms with Crippen LogP contribution in [0.4, 0.5) is 0 Å². The lowest BCUT2D eigenvalue weighted by atomic mass is 10.00. The van der Waals surface area contributed by atoms with Crippen molar-refractivity contribution in [3.05, 3.63) is 34.3 Å². The maximum Gasteiger partial charge on any atom is 0.321 e. The summed E-state index contributed by atoms with van der Waals surface area (Å²) in [4.78, 5) is 13.3. The Hall–Kier alpha value is -1.06. The molecule has 0 aliphatic carbocycles. The van der Waals surface area contributed by atoms with Gasteiger partial charge in [-0.25, -0.2) is 0 Å². The van der Waals surface area contributed by atoms with Gasteiger partial charge < -0.3 is 5.11 Å². The first-order valence-corrected chi connectivity index (χ1v) is 6.59. The number of aryl methyl sites for hydroxylation is 1. The van der Waals surface area contributed by atoms with E-state index in [2.05, 4.69) is 0 Å². The predicted octanol–water partition coefficient (Wildman–Crippen LogP) is 2.99. The monoisotopic (exact) mass is 269 g/mol. The highest BCUT2D eigenvalue weighted by atomic mass is 35.5. The maximum atomic E-state index is 11.4. The third-order valence-electron chi connectivity index (χ3n) is 3.26. The predicted molar refractivity (Wildman–Crippen MR) is 74.2 cm³/mol. The fourth-order valence-corrected chi connectivity index (χ4v) is 2.30. The molecular weight excluding hydrogens is 250 g/mol. The third kappa shape index (κ3) is 3.72. The van der Waals surface area contributed by atoms with E-state index in [1.807, 2.05) is 43.9 Å². The Morgan fingerprint density at radius 2 is 2.00 bits per heavy atom. The smallest absolute Gasteiger partial charge is 0.321 e. The fraction of sp³-hybridized carbons (Fsp3) is 0.500. The molecule has 1 unspecified atom stereocenters. The van der Waals surface area contributed by atoms with Gasteiger partial charge in [0.25, 0.3) is 0 Å². The first-order chi connectivity index (χ1) is 8.49. The molecule has 0 aliphatic heterocycles. The van der Waals surface area contributed by atoms with E-state index in [-0.39, 0.29) is 0 Å². The molecule has 0 fully saturated rings.